The van der Waals surface area contributed by atoms with Gasteiger partial charge in [-0.05, 0) is 29.8 Å². The average molecular weight is 335 g/mol. The van der Waals surface area contributed by atoms with E-state index in [1.807, 2.05) is 0 Å². The zero-order valence-corrected chi connectivity index (χ0v) is 11.8. The Kier molecular flexibility index (Phi) is 3.59. The van der Waals surface area contributed by atoms with Crippen LogP contribution in [0, 0.1) is 10.1 Å². The predicted octanol–water partition coefficient (Wildman–Crippen LogP) is 4.39. The number of halogens is 3. The van der Waals surface area contributed by atoms with Gasteiger partial charge in [0.2, 0.25) is 0 Å². The molecule has 0 saturated carbocycles. The molecule has 3 rings (SSSR count). The van der Waals surface area contributed by atoms with Gasteiger partial charge in [0.25, 0.3) is 5.69 Å². The number of fused-ring (bicyclic) bond motifs is 1. The zero-order chi connectivity index (χ0) is 17.5. The Bertz CT molecular complexity index is 991. The van der Waals surface area contributed by atoms with Crippen molar-refractivity contribution in [2.75, 3.05) is 0 Å². The molecule has 0 aliphatic rings. The molecule has 2 aromatic carbocycles. The van der Waals surface area contributed by atoms with Gasteiger partial charge in [0.15, 0.2) is 0 Å². The summed E-state index contributed by atoms with van der Waals surface area (Å²) in [4.78, 5) is 22.1. The number of benzene rings is 2. The van der Waals surface area contributed by atoms with Gasteiger partial charge in [0, 0.05) is 11.5 Å². The van der Waals surface area contributed by atoms with E-state index in [-0.39, 0.29) is 22.4 Å². The van der Waals surface area contributed by atoms with Gasteiger partial charge in [-0.1, -0.05) is 12.1 Å². The maximum Gasteiger partial charge on any atom is 0.416 e. The van der Waals surface area contributed by atoms with Crippen LogP contribution in [0.4, 0.5) is 18.9 Å². The fourth-order valence-corrected chi connectivity index (χ4v) is 2.25. The number of nitro groups is 1. The Balaban J connectivity index is 2.10. The minimum atomic E-state index is -4.47. The third-order valence-corrected chi connectivity index (χ3v) is 3.45. The van der Waals surface area contributed by atoms with Crippen LogP contribution >= 0.6 is 0 Å². The van der Waals surface area contributed by atoms with Crippen molar-refractivity contribution in [3.63, 3.8) is 0 Å². The highest BCUT2D eigenvalue weighted by molar-refractivity contribution is 5.83. The van der Waals surface area contributed by atoms with Gasteiger partial charge < -0.3 is 4.42 Å². The predicted molar refractivity (Wildman–Crippen MR) is 79.6 cm³/mol. The Labute approximate surface area is 132 Å². The first-order valence-electron chi connectivity index (χ1n) is 6.65. The Hall–Kier alpha value is -3.16. The molecule has 0 aliphatic carbocycles. The highest BCUT2D eigenvalue weighted by Crippen LogP contribution is 2.31. The normalized spacial score (nSPS) is 11.6. The van der Waals surface area contributed by atoms with Crippen molar-refractivity contribution in [3.05, 3.63) is 74.6 Å². The minimum absolute atomic E-state index is 0.0323. The van der Waals surface area contributed by atoms with Crippen molar-refractivity contribution < 1.29 is 22.5 Å². The van der Waals surface area contributed by atoms with Crippen molar-refractivity contribution in [2.45, 2.75) is 6.18 Å². The third-order valence-electron chi connectivity index (χ3n) is 3.45. The summed E-state index contributed by atoms with van der Waals surface area (Å²) in [6.45, 7) is 0. The second-order valence-corrected chi connectivity index (χ2v) is 5.00. The molecule has 8 heteroatoms. The van der Waals surface area contributed by atoms with Crippen LogP contribution in [0.5, 0.6) is 0 Å². The molecule has 0 radical (unpaired) electrons. The van der Waals surface area contributed by atoms with Gasteiger partial charge in [-0.2, -0.15) is 13.2 Å². The average Bonchev–Trinajstić information content (AvgIpc) is 2.53. The van der Waals surface area contributed by atoms with Gasteiger partial charge >= 0.3 is 11.8 Å². The molecule has 5 nitrogen and oxygen atoms in total. The van der Waals surface area contributed by atoms with E-state index >= 15 is 0 Å². The highest BCUT2D eigenvalue weighted by Gasteiger charge is 2.30. The molecule has 0 unspecified atom stereocenters. The molecule has 0 N–H and O–H groups in total. The first-order valence-corrected chi connectivity index (χ1v) is 6.65. The number of hydrogen-bond acceptors (Lipinski definition) is 4. The summed E-state index contributed by atoms with van der Waals surface area (Å²) in [6.07, 6.45) is -4.47. The van der Waals surface area contributed by atoms with E-state index in [9.17, 15) is 28.1 Å². The monoisotopic (exact) mass is 335 g/mol. The van der Waals surface area contributed by atoms with Crippen molar-refractivity contribution in [3.8, 4) is 11.1 Å². The summed E-state index contributed by atoms with van der Waals surface area (Å²) in [5.41, 5.74) is -1.48. The topological polar surface area (TPSA) is 73.3 Å². The van der Waals surface area contributed by atoms with E-state index in [4.69, 9.17) is 4.42 Å². The number of non-ortho nitro benzene ring substituents is 1. The van der Waals surface area contributed by atoms with Gasteiger partial charge in [-0.15, -0.1) is 0 Å². The fraction of sp³-hybridized carbons (Fsp3) is 0.0625. The minimum Gasteiger partial charge on any atom is -0.422 e. The number of nitrogens with zero attached hydrogens (tertiary/aromatic N) is 1. The van der Waals surface area contributed by atoms with E-state index in [0.717, 1.165) is 18.2 Å². The first-order chi connectivity index (χ1) is 11.3. The van der Waals surface area contributed by atoms with Crippen LogP contribution < -0.4 is 5.63 Å². The lowest BCUT2D eigenvalue weighted by Crippen LogP contribution is -2.06. The van der Waals surface area contributed by atoms with E-state index in [2.05, 4.69) is 0 Å². The first kappa shape index (κ1) is 15.7. The fourth-order valence-electron chi connectivity index (χ4n) is 2.25. The summed E-state index contributed by atoms with van der Waals surface area (Å²) in [5, 5.41) is 11.2. The standard InChI is InChI=1S/C16H8F3NO4/c17-16(18,19)11-4-1-9(2-5-11)13-7-10-3-6-12(20(22)23)8-14(10)24-15(13)21/h1-8H. The Morgan fingerprint density at radius 3 is 2.25 bits per heavy atom. The van der Waals surface area contributed by atoms with E-state index in [1.54, 1.807) is 0 Å². The van der Waals surface area contributed by atoms with Crippen molar-refractivity contribution >= 4 is 16.7 Å². The summed E-state index contributed by atoms with van der Waals surface area (Å²) >= 11 is 0. The maximum absolute atomic E-state index is 12.6. The zero-order valence-electron chi connectivity index (χ0n) is 11.8. The quantitative estimate of drug-likeness (QED) is 0.395. The second kappa shape index (κ2) is 5.48. The summed E-state index contributed by atoms with van der Waals surface area (Å²) in [5.74, 6) is 0. The van der Waals surface area contributed by atoms with Gasteiger partial charge in [0.05, 0.1) is 22.1 Å². The van der Waals surface area contributed by atoms with Crippen LogP contribution in [-0.2, 0) is 6.18 Å². The van der Waals surface area contributed by atoms with Crippen molar-refractivity contribution in [1.29, 1.82) is 0 Å². The molecule has 0 bridgehead atoms. The van der Waals surface area contributed by atoms with Crippen LogP contribution in [-0.4, -0.2) is 4.92 Å². The second-order valence-electron chi connectivity index (χ2n) is 5.00. The van der Waals surface area contributed by atoms with Gasteiger partial charge in [-0.25, -0.2) is 4.79 Å². The molecule has 0 aliphatic heterocycles. The molecule has 0 fully saturated rings. The lowest BCUT2D eigenvalue weighted by Gasteiger charge is -2.07. The maximum atomic E-state index is 12.6. The molecule has 24 heavy (non-hydrogen) atoms. The number of nitro benzene ring substituents is 1. The van der Waals surface area contributed by atoms with Crippen LogP contribution in [0.25, 0.3) is 22.1 Å². The molecular formula is C16H8F3NO4. The number of hydrogen-bond donors (Lipinski definition) is 0. The lowest BCUT2D eigenvalue weighted by molar-refractivity contribution is -0.384. The molecule has 0 saturated heterocycles. The SMILES string of the molecule is O=c1oc2cc([N+](=O)[O-])ccc2cc1-c1ccc(C(F)(F)F)cc1. The molecule has 0 atom stereocenters. The summed E-state index contributed by atoms with van der Waals surface area (Å²) < 4.78 is 42.8. The summed E-state index contributed by atoms with van der Waals surface area (Å²) in [7, 11) is 0. The molecule has 3 aromatic rings. The van der Waals surface area contributed by atoms with Crippen LogP contribution in [0.2, 0.25) is 0 Å². The van der Waals surface area contributed by atoms with Crippen LogP contribution in [0.1, 0.15) is 5.56 Å². The smallest absolute Gasteiger partial charge is 0.416 e. The van der Waals surface area contributed by atoms with Gasteiger partial charge in [-0.3, -0.25) is 10.1 Å². The van der Waals surface area contributed by atoms with Crippen molar-refractivity contribution in [2.24, 2.45) is 0 Å². The van der Waals surface area contributed by atoms with E-state index in [1.165, 1.54) is 30.3 Å². The van der Waals surface area contributed by atoms with E-state index in [0.29, 0.717) is 5.39 Å². The third kappa shape index (κ3) is 2.85. The van der Waals surface area contributed by atoms with Gasteiger partial charge in [0.1, 0.15) is 5.58 Å². The number of rotatable bonds is 2. The Morgan fingerprint density at radius 1 is 1.00 bits per heavy atom. The van der Waals surface area contributed by atoms with Crippen LogP contribution in [0.3, 0.4) is 0 Å². The molecule has 1 aromatic heterocycles. The van der Waals surface area contributed by atoms with Crippen molar-refractivity contribution in [1.82, 2.24) is 0 Å². The molecule has 122 valence electrons. The largest absolute Gasteiger partial charge is 0.422 e. The Morgan fingerprint density at radius 2 is 1.67 bits per heavy atom. The molecule has 0 spiro atoms. The molecular weight excluding hydrogens is 327 g/mol. The summed E-state index contributed by atoms with van der Waals surface area (Å²) in [6, 6.07) is 9.28. The molecule has 0 amide bonds. The van der Waals surface area contributed by atoms with E-state index < -0.39 is 22.3 Å². The van der Waals surface area contributed by atoms with Crippen LogP contribution in [0.15, 0.2) is 57.7 Å². The molecule has 1 heterocycles. The highest BCUT2D eigenvalue weighted by atomic mass is 19.4. The number of alkyl halides is 3. The lowest BCUT2D eigenvalue weighted by atomic mass is 10.0.